The van der Waals surface area contributed by atoms with E-state index in [1.807, 2.05) is 12.1 Å². The zero-order chi connectivity index (χ0) is 17.6. The number of nitrogens with one attached hydrogen (secondary N) is 1. The molecule has 0 radical (unpaired) electrons. The van der Waals surface area contributed by atoms with Crippen molar-refractivity contribution in [2.75, 3.05) is 5.73 Å². The summed E-state index contributed by atoms with van der Waals surface area (Å²) in [5.74, 6) is 0.0218. The predicted molar refractivity (Wildman–Crippen MR) is 102 cm³/mol. The standard InChI is InChI=1S/C20H19N3OS/c1-14-4-8-16(9-5-14)25-17-10-6-15(7-11-17)13-23-20(24)18-3-2-12-22-19(18)21/h2-12H,13H2,1H3,(H2,21,22)(H,23,24). The van der Waals surface area contributed by atoms with Gasteiger partial charge in [-0.05, 0) is 48.9 Å². The Balaban J connectivity index is 1.58. The van der Waals surface area contributed by atoms with Gasteiger partial charge in [0.1, 0.15) is 5.82 Å². The highest BCUT2D eigenvalue weighted by molar-refractivity contribution is 7.99. The first-order valence-electron chi connectivity index (χ1n) is 7.94. The van der Waals surface area contributed by atoms with E-state index in [1.165, 1.54) is 10.5 Å². The fourth-order valence-electron chi connectivity index (χ4n) is 2.30. The quantitative estimate of drug-likeness (QED) is 0.729. The summed E-state index contributed by atoms with van der Waals surface area (Å²) in [6, 6.07) is 20.0. The third-order valence-electron chi connectivity index (χ3n) is 3.72. The molecule has 0 aliphatic heterocycles. The molecule has 0 saturated carbocycles. The van der Waals surface area contributed by atoms with Crippen LogP contribution in [0.2, 0.25) is 0 Å². The van der Waals surface area contributed by atoms with Crippen molar-refractivity contribution >= 4 is 23.5 Å². The van der Waals surface area contributed by atoms with Crippen molar-refractivity contribution in [2.24, 2.45) is 0 Å². The fraction of sp³-hybridized carbons (Fsp3) is 0.100. The fourth-order valence-corrected chi connectivity index (χ4v) is 3.12. The Labute approximate surface area is 151 Å². The van der Waals surface area contributed by atoms with E-state index in [-0.39, 0.29) is 11.7 Å². The maximum absolute atomic E-state index is 12.1. The van der Waals surface area contributed by atoms with Crippen LogP contribution in [0.25, 0.3) is 0 Å². The molecule has 1 aromatic heterocycles. The minimum absolute atomic E-state index is 0.219. The van der Waals surface area contributed by atoms with Gasteiger partial charge in [-0.1, -0.05) is 41.6 Å². The number of nitrogen functional groups attached to an aromatic ring is 1. The molecular weight excluding hydrogens is 330 g/mol. The molecule has 3 rings (SSSR count). The van der Waals surface area contributed by atoms with Crippen molar-refractivity contribution in [3.8, 4) is 0 Å². The first-order valence-corrected chi connectivity index (χ1v) is 8.75. The van der Waals surface area contributed by atoms with Crippen molar-refractivity contribution in [1.82, 2.24) is 10.3 Å². The number of hydrogen-bond donors (Lipinski definition) is 2. The molecule has 126 valence electrons. The van der Waals surface area contributed by atoms with Crippen LogP contribution in [0.1, 0.15) is 21.5 Å². The van der Waals surface area contributed by atoms with E-state index in [4.69, 9.17) is 5.73 Å². The number of anilines is 1. The molecule has 0 aliphatic rings. The van der Waals surface area contributed by atoms with E-state index in [2.05, 4.69) is 53.6 Å². The van der Waals surface area contributed by atoms with Gasteiger partial charge in [-0.25, -0.2) is 4.98 Å². The Morgan fingerprint density at radius 3 is 2.32 bits per heavy atom. The predicted octanol–water partition coefficient (Wildman–Crippen LogP) is 4.05. The highest BCUT2D eigenvalue weighted by Gasteiger charge is 2.09. The summed E-state index contributed by atoms with van der Waals surface area (Å²) >= 11 is 1.72. The van der Waals surface area contributed by atoms with Crippen molar-refractivity contribution in [2.45, 2.75) is 23.3 Å². The zero-order valence-corrected chi connectivity index (χ0v) is 14.7. The van der Waals surface area contributed by atoms with Crippen molar-refractivity contribution in [3.05, 3.63) is 83.6 Å². The second-order valence-electron chi connectivity index (χ2n) is 5.68. The van der Waals surface area contributed by atoms with E-state index >= 15 is 0 Å². The van der Waals surface area contributed by atoms with E-state index < -0.39 is 0 Å². The van der Waals surface area contributed by atoms with E-state index in [0.717, 1.165) is 10.5 Å². The van der Waals surface area contributed by atoms with Crippen LogP contribution in [-0.2, 0) is 6.54 Å². The molecule has 1 amide bonds. The normalized spacial score (nSPS) is 10.4. The van der Waals surface area contributed by atoms with E-state index in [9.17, 15) is 4.79 Å². The first kappa shape index (κ1) is 17.0. The molecule has 0 spiro atoms. The molecule has 0 saturated heterocycles. The molecule has 0 atom stereocenters. The topological polar surface area (TPSA) is 68.0 Å². The Morgan fingerprint density at radius 2 is 1.68 bits per heavy atom. The number of carbonyl (C=O) groups excluding carboxylic acids is 1. The number of pyridine rings is 1. The lowest BCUT2D eigenvalue weighted by molar-refractivity contribution is 0.0951. The molecule has 3 N–H and O–H groups in total. The van der Waals surface area contributed by atoms with E-state index in [1.54, 1.807) is 30.1 Å². The minimum Gasteiger partial charge on any atom is -0.383 e. The highest BCUT2D eigenvalue weighted by Crippen LogP contribution is 2.27. The van der Waals surface area contributed by atoms with Crippen LogP contribution >= 0.6 is 11.8 Å². The largest absolute Gasteiger partial charge is 0.383 e. The van der Waals surface area contributed by atoms with Gasteiger partial charge in [-0.2, -0.15) is 0 Å². The molecule has 0 unspecified atom stereocenters. The first-order chi connectivity index (χ1) is 12.1. The van der Waals surface area contributed by atoms with Crippen LogP contribution in [0.3, 0.4) is 0 Å². The van der Waals surface area contributed by atoms with Crippen LogP contribution in [0.4, 0.5) is 5.82 Å². The average molecular weight is 349 g/mol. The number of carbonyl (C=O) groups is 1. The lowest BCUT2D eigenvalue weighted by Gasteiger charge is -2.08. The van der Waals surface area contributed by atoms with Crippen LogP contribution in [0, 0.1) is 6.92 Å². The lowest BCUT2D eigenvalue weighted by Crippen LogP contribution is -2.24. The summed E-state index contributed by atoms with van der Waals surface area (Å²) in [4.78, 5) is 18.4. The van der Waals surface area contributed by atoms with Crippen molar-refractivity contribution < 1.29 is 4.79 Å². The van der Waals surface area contributed by atoms with Crippen LogP contribution < -0.4 is 11.1 Å². The highest BCUT2D eigenvalue weighted by atomic mass is 32.2. The number of amides is 1. The maximum Gasteiger partial charge on any atom is 0.255 e. The van der Waals surface area contributed by atoms with Gasteiger partial charge in [-0.3, -0.25) is 4.79 Å². The number of aromatic nitrogens is 1. The van der Waals surface area contributed by atoms with Crippen molar-refractivity contribution in [1.29, 1.82) is 0 Å². The molecular formula is C20H19N3OS. The third kappa shape index (κ3) is 4.61. The summed E-state index contributed by atoms with van der Waals surface area (Å²) in [6.45, 7) is 2.53. The monoisotopic (exact) mass is 349 g/mol. The van der Waals surface area contributed by atoms with Gasteiger partial charge in [0.15, 0.2) is 0 Å². The van der Waals surface area contributed by atoms with Gasteiger partial charge in [0.2, 0.25) is 0 Å². The molecule has 4 nitrogen and oxygen atoms in total. The Hall–Kier alpha value is -2.79. The van der Waals surface area contributed by atoms with Crippen LogP contribution in [0.15, 0.2) is 76.7 Å². The minimum atomic E-state index is -0.219. The van der Waals surface area contributed by atoms with Crippen LogP contribution in [0.5, 0.6) is 0 Å². The van der Waals surface area contributed by atoms with Gasteiger partial charge in [0, 0.05) is 22.5 Å². The smallest absolute Gasteiger partial charge is 0.255 e. The summed E-state index contributed by atoms with van der Waals surface area (Å²) in [5.41, 5.74) is 8.40. The average Bonchev–Trinajstić information content (AvgIpc) is 2.63. The number of benzene rings is 2. The van der Waals surface area contributed by atoms with Gasteiger partial charge in [0.25, 0.3) is 5.91 Å². The Bertz CT molecular complexity index is 861. The summed E-state index contributed by atoms with van der Waals surface area (Å²) < 4.78 is 0. The Morgan fingerprint density at radius 1 is 1.04 bits per heavy atom. The number of rotatable bonds is 5. The molecule has 5 heteroatoms. The number of nitrogens with zero attached hydrogens (tertiary/aromatic N) is 1. The second kappa shape index (κ2) is 7.85. The molecule has 2 aromatic carbocycles. The van der Waals surface area contributed by atoms with Crippen molar-refractivity contribution in [3.63, 3.8) is 0 Å². The molecule has 3 aromatic rings. The lowest BCUT2D eigenvalue weighted by atomic mass is 10.2. The van der Waals surface area contributed by atoms with Gasteiger partial charge in [-0.15, -0.1) is 0 Å². The molecule has 0 bridgehead atoms. The van der Waals surface area contributed by atoms with Crippen LogP contribution in [-0.4, -0.2) is 10.9 Å². The molecule has 0 fully saturated rings. The molecule has 25 heavy (non-hydrogen) atoms. The molecule has 1 heterocycles. The third-order valence-corrected chi connectivity index (χ3v) is 4.73. The van der Waals surface area contributed by atoms with Gasteiger partial charge in [0.05, 0.1) is 5.56 Å². The summed E-state index contributed by atoms with van der Waals surface area (Å²) in [6.07, 6.45) is 1.57. The van der Waals surface area contributed by atoms with Gasteiger partial charge >= 0.3 is 0 Å². The maximum atomic E-state index is 12.1. The van der Waals surface area contributed by atoms with Gasteiger partial charge < -0.3 is 11.1 Å². The van der Waals surface area contributed by atoms with E-state index in [0.29, 0.717) is 12.1 Å². The molecule has 0 aliphatic carbocycles. The second-order valence-corrected chi connectivity index (χ2v) is 6.82. The summed E-state index contributed by atoms with van der Waals surface area (Å²) in [5, 5.41) is 2.87. The number of aryl methyl sites for hydroxylation is 1. The Kier molecular flexibility index (Phi) is 5.36. The SMILES string of the molecule is Cc1ccc(Sc2ccc(CNC(=O)c3cccnc3N)cc2)cc1. The number of hydrogen-bond acceptors (Lipinski definition) is 4. The number of nitrogens with two attached hydrogens (primary N) is 1. The zero-order valence-electron chi connectivity index (χ0n) is 13.9. The summed E-state index contributed by atoms with van der Waals surface area (Å²) in [7, 11) is 0.